The van der Waals surface area contributed by atoms with Crippen molar-refractivity contribution in [1.82, 2.24) is 0 Å². The standard InChI is InChI=1S/C29H32FNO/c1-7-8-12-21(4)19-27(23(6)24-15-17-25(30)18-16-24)28(22(5)20(2)3)29(32)31-26-13-10-9-11-14-26/h7-18,20,22H,1,4,6,19H2,2-3,5H3,(H,31,32)/b12-8-,28-27+. The Balaban J connectivity index is 2.63. The summed E-state index contributed by atoms with van der Waals surface area (Å²) in [5, 5.41) is 3.03. The van der Waals surface area contributed by atoms with Gasteiger partial charge < -0.3 is 5.32 Å². The summed E-state index contributed by atoms with van der Waals surface area (Å²) in [6.07, 6.45) is 5.81. The molecule has 2 nitrogen and oxygen atoms in total. The molecule has 0 fully saturated rings. The van der Waals surface area contributed by atoms with Crippen LogP contribution in [-0.2, 0) is 4.79 Å². The molecule has 0 aliphatic heterocycles. The Kier molecular flexibility index (Phi) is 9.15. The van der Waals surface area contributed by atoms with Gasteiger partial charge in [0.2, 0.25) is 0 Å². The van der Waals surface area contributed by atoms with E-state index in [0.29, 0.717) is 17.6 Å². The number of nitrogens with one attached hydrogen (secondary N) is 1. The van der Waals surface area contributed by atoms with E-state index in [4.69, 9.17) is 0 Å². The van der Waals surface area contributed by atoms with E-state index in [-0.39, 0.29) is 23.6 Å². The summed E-state index contributed by atoms with van der Waals surface area (Å²) in [7, 11) is 0. The summed E-state index contributed by atoms with van der Waals surface area (Å²) in [6.45, 7) is 18.4. The van der Waals surface area contributed by atoms with Crippen molar-refractivity contribution in [3.63, 3.8) is 0 Å². The molecule has 0 bridgehead atoms. The molecule has 1 amide bonds. The maximum absolute atomic E-state index is 13.6. The van der Waals surface area contributed by atoms with Crippen molar-refractivity contribution in [2.45, 2.75) is 27.2 Å². The van der Waals surface area contributed by atoms with Crippen molar-refractivity contribution in [2.24, 2.45) is 11.8 Å². The number of hydrogen-bond donors (Lipinski definition) is 1. The van der Waals surface area contributed by atoms with Gasteiger partial charge in [0.25, 0.3) is 5.91 Å². The molecule has 1 N–H and O–H groups in total. The number of halogens is 1. The lowest BCUT2D eigenvalue weighted by molar-refractivity contribution is -0.113. The molecular weight excluding hydrogens is 397 g/mol. The van der Waals surface area contributed by atoms with Gasteiger partial charge >= 0.3 is 0 Å². The molecular formula is C29H32FNO. The minimum absolute atomic E-state index is 0.0397. The maximum Gasteiger partial charge on any atom is 0.252 e. The van der Waals surface area contributed by atoms with E-state index in [0.717, 1.165) is 22.4 Å². The Morgan fingerprint density at radius 1 is 1.03 bits per heavy atom. The zero-order valence-corrected chi connectivity index (χ0v) is 19.2. The highest BCUT2D eigenvalue weighted by Gasteiger charge is 2.26. The Morgan fingerprint density at radius 2 is 1.66 bits per heavy atom. The molecule has 2 rings (SSSR count). The van der Waals surface area contributed by atoms with E-state index >= 15 is 0 Å². The third-order valence-corrected chi connectivity index (χ3v) is 5.49. The van der Waals surface area contributed by atoms with Gasteiger partial charge in [0.05, 0.1) is 0 Å². The molecule has 2 aromatic carbocycles. The summed E-state index contributed by atoms with van der Waals surface area (Å²) in [5.41, 5.74) is 4.45. The normalized spacial score (nSPS) is 12.9. The fraction of sp³-hybridized carbons (Fsp3) is 0.207. The minimum Gasteiger partial charge on any atom is -0.322 e. The molecule has 1 atom stereocenters. The molecule has 0 heterocycles. The first kappa shape index (κ1) is 24.8. The molecule has 32 heavy (non-hydrogen) atoms. The quantitative estimate of drug-likeness (QED) is 0.303. The van der Waals surface area contributed by atoms with Crippen molar-refractivity contribution in [2.75, 3.05) is 5.32 Å². The lowest BCUT2D eigenvalue weighted by atomic mass is 9.81. The summed E-state index contributed by atoms with van der Waals surface area (Å²) < 4.78 is 13.5. The number of allylic oxidation sites excluding steroid dienone is 6. The fourth-order valence-corrected chi connectivity index (χ4v) is 3.35. The van der Waals surface area contributed by atoms with Crippen LogP contribution in [0.15, 0.2) is 109 Å². The highest BCUT2D eigenvalue weighted by Crippen LogP contribution is 2.35. The lowest BCUT2D eigenvalue weighted by Gasteiger charge is -2.25. The molecule has 0 saturated carbocycles. The SMILES string of the molecule is C=C/C=C\C(=C)C/C(C(=C)c1ccc(F)cc1)=C(\C(=O)Nc1ccccc1)C(C)C(C)C. The van der Waals surface area contributed by atoms with Gasteiger partial charge in [0.1, 0.15) is 5.82 Å². The number of amides is 1. The average Bonchev–Trinajstić information content (AvgIpc) is 2.77. The molecule has 166 valence electrons. The predicted octanol–water partition coefficient (Wildman–Crippen LogP) is 7.75. The number of benzene rings is 2. The van der Waals surface area contributed by atoms with E-state index in [1.54, 1.807) is 18.2 Å². The largest absolute Gasteiger partial charge is 0.322 e. The molecule has 0 aliphatic rings. The number of carbonyl (C=O) groups excluding carboxylic acids is 1. The number of hydrogen-bond acceptors (Lipinski definition) is 1. The van der Waals surface area contributed by atoms with Crippen LogP contribution in [0.25, 0.3) is 5.57 Å². The van der Waals surface area contributed by atoms with Gasteiger partial charge in [0, 0.05) is 11.3 Å². The zero-order chi connectivity index (χ0) is 23.7. The maximum atomic E-state index is 13.6. The molecule has 2 aromatic rings. The number of rotatable bonds is 10. The van der Waals surface area contributed by atoms with Crippen LogP contribution >= 0.6 is 0 Å². The smallest absolute Gasteiger partial charge is 0.252 e. The van der Waals surface area contributed by atoms with Gasteiger partial charge in [-0.15, -0.1) is 0 Å². The van der Waals surface area contributed by atoms with Gasteiger partial charge in [-0.05, 0) is 59.2 Å². The Morgan fingerprint density at radius 3 is 2.22 bits per heavy atom. The topological polar surface area (TPSA) is 29.1 Å². The Bertz CT molecular complexity index is 1030. The third kappa shape index (κ3) is 6.78. The van der Waals surface area contributed by atoms with Crippen molar-refractivity contribution >= 4 is 17.2 Å². The Hall–Kier alpha value is -3.46. The van der Waals surface area contributed by atoms with Crippen LogP contribution in [0.4, 0.5) is 10.1 Å². The Labute approximate surface area is 191 Å². The summed E-state index contributed by atoms with van der Waals surface area (Å²) in [4.78, 5) is 13.6. The van der Waals surface area contributed by atoms with Gasteiger partial charge in [-0.2, -0.15) is 0 Å². The van der Waals surface area contributed by atoms with E-state index in [9.17, 15) is 9.18 Å². The molecule has 1 unspecified atom stereocenters. The van der Waals surface area contributed by atoms with Crippen LogP contribution in [0.2, 0.25) is 0 Å². The highest BCUT2D eigenvalue weighted by atomic mass is 19.1. The van der Waals surface area contributed by atoms with Crippen molar-refractivity contribution in [3.8, 4) is 0 Å². The van der Waals surface area contributed by atoms with Crippen molar-refractivity contribution in [1.29, 1.82) is 0 Å². The summed E-state index contributed by atoms with van der Waals surface area (Å²) in [5.74, 6) is -0.305. The van der Waals surface area contributed by atoms with E-state index < -0.39 is 0 Å². The first-order valence-electron chi connectivity index (χ1n) is 10.8. The third-order valence-electron chi connectivity index (χ3n) is 5.49. The molecule has 0 aromatic heterocycles. The van der Waals surface area contributed by atoms with E-state index in [2.05, 4.69) is 38.9 Å². The summed E-state index contributed by atoms with van der Waals surface area (Å²) in [6, 6.07) is 15.6. The minimum atomic E-state index is -0.317. The molecule has 0 aliphatic carbocycles. The van der Waals surface area contributed by atoms with Crippen LogP contribution in [0.5, 0.6) is 0 Å². The predicted molar refractivity (Wildman–Crippen MR) is 135 cm³/mol. The second-order valence-electron chi connectivity index (χ2n) is 8.16. The van der Waals surface area contributed by atoms with Crippen LogP contribution in [0.3, 0.4) is 0 Å². The van der Waals surface area contributed by atoms with Crippen LogP contribution < -0.4 is 5.32 Å². The molecule has 0 spiro atoms. The van der Waals surface area contributed by atoms with Gasteiger partial charge in [0.15, 0.2) is 0 Å². The second kappa shape index (κ2) is 11.8. The summed E-state index contributed by atoms with van der Waals surface area (Å²) >= 11 is 0. The lowest BCUT2D eigenvalue weighted by Crippen LogP contribution is -2.24. The first-order chi connectivity index (χ1) is 15.2. The zero-order valence-electron chi connectivity index (χ0n) is 19.2. The number of carbonyl (C=O) groups is 1. The van der Waals surface area contributed by atoms with Gasteiger partial charge in [-0.25, -0.2) is 4.39 Å². The highest BCUT2D eigenvalue weighted by molar-refractivity contribution is 6.07. The van der Waals surface area contributed by atoms with Crippen LogP contribution in [0, 0.1) is 17.7 Å². The average molecular weight is 430 g/mol. The van der Waals surface area contributed by atoms with E-state index in [1.807, 2.05) is 49.4 Å². The number of para-hydroxylation sites is 1. The van der Waals surface area contributed by atoms with Gasteiger partial charge in [-0.3, -0.25) is 4.79 Å². The van der Waals surface area contributed by atoms with Crippen molar-refractivity contribution < 1.29 is 9.18 Å². The van der Waals surface area contributed by atoms with E-state index in [1.165, 1.54) is 12.1 Å². The fourth-order valence-electron chi connectivity index (χ4n) is 3.35. The molecule has 0 saturated heterocycles. The monoisotopic (exact) mass is 429 g/mol. The first-order valence-corrected chi connectivity index (χ1v) is 10.8. The second-order valence-corrected chi connectivity index (χ2v) is 8.16. The molecule has 0 radical (unpaired) electrons. The van der Waals surface area contributed by atoms with Crippen LogP contribution in [0.1, 0.15) is 32.8 Å². The number of anilines is 1. The molecule has 3 heteroatoms. The van der Waals surface area contributed by atoms with Crippen LogP contribution in [-0.4, -0.2) is 5.91 Å². The van der Waals surface area contributed by atoms with Crippen molar-refractivity contribution in [3.05, 3.63) is 121 Å². The van der Waals surface area contributed by atoms with Gasteiger partial charge in [-0.1, -0.05) is 94.6 Å².